The van der Waals surface area contributed by atoms with Crippen LogP contribution in [0.3, 0.4) is 0 Å². The number of allylic oxidation sites excluding steroid dienone is 1. The van der Waals surface area contributed by atoms with Gasteiger partial charge < -0.3 is 25.5 Å². The molecule has 33 heavy (non-hydrogen) atoms. The van der Waals surface area contributed by atoms with E-state index in [4.69, 9.17) is 0 Å². The molecule has 4 aliphatic rings. The maximum Gasteiger partial charge on any atom is 0.159 e. The standard InChI is InChI=1S/C27H44O6/c1-15(2)6-9-23(31)26(5,32)22-8-7-16-17-12-19(28)18-13-20(29)21(30)14-25(18,4)27(17,33)11-10-24(16,22)3/h12,15-16,18,20-23,29-33H,6-11,13-14H2,1-5H3/t16-,18-,20+,21-,22-,23+,24-,25-,26+,27+/m0/s1. The number of fused-ring (bicyclic) bond motifs is 5. The van der Waals surface area contributed by atoms with Crippen LogP contribution >= 0.6 is 0 Å². The minimum atomic E-state index is -1.25. The van der Waals surface area contributed by atoms with Gasteiger partial charge in [0.05, 0.1) is 29.5 Å². The molecule has 5 N–H and O–H groups in total. The van der Waals surface area contributed by atoms with E-state index in [1.165, 1.54) is 0 Å². The number of rotatable bonds is 5. The van der Waals surface area contributed by atoms with Crippen molar-refractivity contribution in [3.8, 4) is 0 Å². The summed E-state index contributed by atoms with van der Waals surface area (Å²) < 4.78 is 0. The summed E-state index contributed by atoms with van der Waals surface area (Å²) >= 11 is 0. The van der Waals surface area contributed by atoms with Crippen LogP contribution in [0.1, 0.15) is 86.0 Å². The molecule has 3 saturated carbocycles. The van der Waals surface area contributed by atoms with Crippen LogP contribution in [0.2, 0.25) is 0 Å². The first-order valence-corrected chi connectivity index (χ1v) is 12.9. The Hall–Kier alpha value is -0.790. The van der Waals surface area contributed by atoms with Crippen molar-refractivity contribution in [3.63, 3.8) is 0 Å². The number of carbonyl (C=O) groups excluding carboxylic acids is 1. The van der Waals surface area contributed by atoms with Gasteiger partial charge in [0.1, 0.15) is 0 Å². The van der Waals surface area contributed by atoms with E-state index in [0.29, 0.717) is 25.2 Å². The van der Waals surface area contributed by atoms with E-state index in [2.05, 4.69) is 20.8 Å². The first kappa shape index (κ1) is 25.3. The van der Waals surface area contributed by atoms with Gasteiger partial charge >= 0.3 is 0 Å². The summed E-state index contributed by atoms with van der Waals surface area (Å²) in [4.78, 5) is 13.2. The van der Waals surface area contributed by atoms with Crippen LogP contribution in [0.5, 0.6) is 0 Å². The fourth-order valence-corrected chi connectivity index (χ4v) is 8.30. The Morgan fingerprint density at radius 3 is 2.39 bits per heavy atom. The van der Waals surface area contributed by atoms with Crippen molar-refractivity contribution in [2.24, 2.45) is 34.5 Å². The highest BCUT2D eigenvalue weighted by atomic mass is 16.3. The number of aliphatic hydroxyl groups is 5. The van der Waals surface area contributed by atoms with Crippen molar-refractivity contribution < 1.29 is 30.3 Å². The largest absolute Gasteiger partial charge is 0.390 e. The van der Waals surface area contributed by atoms with Gasteiger partial charge in [-0.1, -0.05) is 27.7 Å². The summed E-state index contributed by atoms with van der Waals surface area (Å²) in [5.41, 5.74) is -2.88. The molecule has 4 aliphatic carbocycles. The van der Waals surface area contributed by atoms with Crippen LogP contribution in [0.25, 0.3) is 0 Å². The fourth-order valence-electron chi connectivity index (χ4n) is 8.30. The van der Waals surface area contributed by atoms with Crippen LogP contribution in [0.15, 0.2) is 11.6 Å². The first-order valence-electron chi connectivity index (χ1n) is 12.9. The predicted octanol–water partition coefficient (Wildman–Crippen LogP) is 2.74. The maximum atomic E-state index is 13.2. The Balaban J connectivity index is 1.67. The van der Waals surface area contributed by atoms with E-state index in [9.17, 15) is 30.3 Å². The molecule has 188 valence electrons. The number of aliphatic hydroxyl groups excluding tert-OH is 3. The smallest absolute Gasteiger partial charge is 0.159 e. The molecule has 0 bridgehead atoms. The molecule has 0 aromatic carbocycles. The molecular formula is C27H44O6. The van der Waals surface area contributed by atoms with Crippen LogP contribution in [0, 0.1) is 34.5 Å². The summed E-state index contributed by atoms with van der Waals surface area (Å²) in [6, 6.07) is 0. The molecule has 10 atom stereocenters. The molecule has 4 rings (SSSR count). The van der Waals surface area contributed by atoms with E-state index in [0.717, 1.165) is 24.8 Å². The van der Waals surface area contributed by atoms with Crippen molar-refractivity contribution in [3.05, 3.63) is 11.6 Å². The topological polar surface area (TPSA) is 118 Å². The van der Waals surface area contributed by atoms with Gasteiger partial charge in [-0.2, -0.15) is 0 Å². The monoisotopic (exact) mass is 464 g/mol. The Bertz CT molecular complexity index is 819. The van der Waals surface area contributed by atoms with Gasteiger partial charge in [0.15, 0.2) is 5.78 Å². The van der Waals surface area contributed by atoms with Crippen molar-refractivity contribution in [1.29, 1.82) is 0 Å². The third-order valence-corrected chi connectivity index (χ3v) is 10.5. The molecule has 6 nitrogen and oxygen atoms in total. The molecular weight excluding hydrogens is 420 g/mol. The van der Waals surface area contributed by atoms with Crippen LogP contribution in [-0.4, -0.2) is 60.8 Å². The Morgan fingerprint density at radius 1 is 1.09 bits per heavy atom. The third kappa shape index (κ3) is 3.58. The van der Waals surface area contributed by atoms with Gasteiger partial charge in [0.25, 0.3) is 0 Å². The van der Waals surface area contributed by atoms with Gasteiger partial charge in [-0.25, -0.2) is 0 Å². The summed E-state index contributed by atoms with van der Waals surface area (Å²) in [5, 5.41) is 55.3. The minimum Gasteiger partial charge on any atom is -0.390 e. The van der Waals surface area contributed by atoms with Gasteiger partial charge in [0, 0.05) is 11.3 Å². The average molecular weight is 465 g/mol. The molecule has 0 amide bonds. The second kappa shape index (κ2) is 8.12. The molecule has 0 radical (unpaired) electrons. The van der Waals surface area contributed by atoms with Gasteiger partial charge in [-0.15, -0.1) is 0 Å². The molecule has 6 heteroatoms. The zero-order valence-corrected chi connectivity index (χ0v) is 20.9. The second-order valence-corrected chi connectivity index (χ2v) is 12.8. The molecule has 0 aromatic rings. The summed E-state index contributed by atoms with van der Waals surface area (Å²) in [6.07, 6.45) is 3.28. The highest BCUT2D eigenvalue weighted by Gasteiger charge is 2.68. The number of ketones is 1. The van der Waals surface area contributed by atoms with Crippen LogP contribution in [-0.2, 0) is 4.79 Å². The zero-order valence-electron chi connectivity index (χ0n) is 20.9. The quantitative estimate of drug-likeness (QED) is 0.427. The summed E-state index contributed by atoms with van der Waals surface area (Å²) in [7, 11) is 0. The lowest BCUT2D eigenvalue weighted by atomic mass is 9.44. The van der Waals surface area contributed by atoms with E-state index < -0.39 is 40.8 Å². The SMILES string of the molecule is CC(C)CC[C@@H](O)[C@](C)(O)[C@H]1CC[C@H]2C3=CC(=O)[C@@H]4C[C@@H](O)[C@@H](O)C[C@]4(C)[C@@]3(O)CC[C@]12C. The molecule has 0 spiro atoms. The van der Waals surface area contributed by atoms with E-state index >= 15 is 0 Å². The zero-order chi connectivity index (χ0) is 24.6. The predicted molar refractivity (Wildman–Crippen MR) is 125 cm³/mol. The van der Waals surface area contributed by atoms with E-state index in [1.807, 2.05) is 6.92 Å². The molecule has 0 unspecified atom stereocenters. The van der Waals surface area contributed by atoms with Crippen LogP contribution in [0.4, 0.5) is 0 Å². The summed E-state index contributed by atoms with van der Waals surface area (Å²) in [6.45, 7) is 10.0. The third-order valence-electron chi connectivity index (χ3n) is 10.5. The van der Waals surface area contributed by atoms with Crippen molar-refractivity contribution >= 4 is 5.78 Å². The molecule has 0 heterocycles. The molecule has 0 aliphatic heterocycles. The normalized spacial score (nSPS) is 47.9. The van der Waals surface area contributed by atoms with Gasteiger partial charge in [-0.05, 0) is 93.1 Å². The first-order chi connectivity index (χ1) is 15.2. The Labute approximate surface area is 198 Å². The lowest BCUT2D eigenvalue weighted by Gasteiger charge is -2.62. The van der Waals surface area contributed by atoms with Gasteiger partial charge in [0.2, 0.25) is 0 Å². The van der Waals surface area contributed by atoms with Gasteiger partial charge in [-0.3, -0.25) is 4.79 Å². The Morgan fingerprint density at radius 2 is 1.76 bits per heavy atom. The number of hydrogen-bond acceptors (Lipinski definition) is 6. The minimum absolute atomic E-state index is 0.0595. The van der Waals surface area contributed by atoms with Crippen molar-refractivity contribution in [1.82, 2.24) is 0 Å². The van der Waals surface area contributed by atoms with Crippen LogP contribution < -0.4 is 0 Å². The highest BCUT2D eigenvalue weighted by Crippen LogP contribution is 2.68. The lowest BCUT2D eigenvalue weighted by Crippen LogP contribution is -2.65. The molecule has 0 aromatic heterocycles. The Kier molecular flexibility index (Phi) is 6.23. The lowest BCUT2D eigenvalue weighted by molar-refractivity contribution is -0.191. The second-order valence-electron chi connectivity index (χ2n) is 12.8. The number of hydrogen-bond donors (Lipinski definition) is 5. The van der Waals surface area contributed by atoms with Crippen molar-refractivity contribution in [2.75, 3.05) is 0 Å². The van der Waals surface area contributed by atoms with E-state index in [-0.39, 0.29) is 35.9 Å². The molecule has 0 saturated heterocycles. The molecule has 3 fully saturated rings. The highest BCUT2D eigenvalue weighted by molar-refractivity contribution is 5.95. The summed E-state index contributed by atoms with van der Waals surface area (Å²) in [5.74, 6) is -0.326. The van der Waals surface area contributed by atoms with E-state index in [1.54, 1.807) is 13.0 Å². The number of carbonyl (C=O) groups is 1. The maximum absolute atomic E-state index is 13.2. The fraction of sp³-hybridized carbons (Fsp3) is 0.889. The average Bonchev–Trinajstić information content (AvgIpc) is 3.08. The van der Waals surface area contributed by atoms with Crippen molar-refractivity contribution in [2.45, 2.75) is 115 Å².